The van der Waals surface area contributed by atoms with Gasteiger partial charge in [-0.2, -0.15) is 11.3 Å². The van der Waals surface area contributed by atoms with E-state index in [1.807, 2.05) is 10.8 Å². The van der Waals surface area contributed by atoms with E-state index in [1.54, 1.807) is 11.3 Å². The van der Waals surface area contributed by atoms with E-state index in [0.29, 0.717) is 0 Å². The summed E-state index contributed by atoms with van der Waals surface area (Å²) in [6.45, 7) is 0. The van der Waals surface area contributed by atoms with Gasteiger partial charge in [-0.1, -0.05) is 11.5 Å². The molecule has 0 bridgehead atoms. The third kappa shape index (κ3) is 0.635. The molecule has 0 atom stereocenters. The van der Waals surface area contributed by atoms with Crippen LogP contribution in [0.4, 0.5) is 0 Å². The van der Waals surface area contributed by atoms with Gasteiger partial charge < -0.3 is 0 Å². The summed E-state index contributed by atoms with van der Waals surface area (Å²) in [5.41, 5.74) is 0.0382. The van der Waals surface area contributed by atoms with Gasteiger partial charge in [0, 0.05) is 10.8 Å². The molecule has 0 amide bonds. The largest absolute Gasteiger partial charge is 0.277 e. The Morgan fingerprint density at radius 1 is 1.44 bits per heavy atom. The van der Waals surface area contributed by atoms with Crippen molar-refractivity contribution in [3.63, 3.8) is 0 Å². The number of rotatable bonds is 0. The lowest BCUT2D eigenvalue weighted by Crippen LogP contribution is -1.93. The van der Waals surface area contributed by atoms with Crippen LogP contribution in [-0.4, -0.2) is 4.37 Å². The molecule has 2 heterocycles. The predicted molar refractivity (Wildman–Crippen MR) is 40.3 cm³/mol. The Morgan fingerprint density at radius 2 is 2.33 bits per heavy atom. The van der Waals surface area contributed by atoms with Crippen molar-refractivity contribution in [3.05, 3.63) is 21.1 Å². The monoisotopic (exact) mass is 157 g/mol. The Bertz CT molecular complexity index is 369. The molecule has 0 saturated heterocycles. The summed E-state index contributed by atoms with van der Waals surface area (Å²) < 4.78 is 3.71. The van der Waals surface area contributed by atoms with Crippen molar-refractivity contribution in [2.45, 2.75) is 0 Å². The Balaban J connectivity index is 3.17. The number of H-pyrrole nitrogens is 1. The maximum atomic E-state index is 10.8. The fourth-order valence-corrected chi connectivity index (χ4v) is 2.38. The Hall–Kier alpha value is -0.610. The summed E-state index contributed by atoms with van der Waals surface area (Å²) >= 11 is 2.96. The van der Waals surface area contributed by atoms with Crippen LogP contribution in [0.5, 0.6) is 0 Å². The molecule has 0 spiro atoms. The number of fused-ring (bicyclic) bond motifs is 1. The normalized spacial score (nSPS) is 10.7. The molecular weight excluding hydrogens is 154 g/mol. The van der Waals surface area contributed by atoms with E-state index in [2.05, 4.69) is 4.37 Å². The van der Waals surface area contributed by atoms with Crippen LogP contribution in [0.3, 0.4) is 0 Å². The predicted octanol–water partition coefficient (Wildman–Crippen LogP) is 1.65. The van der Waals surface area contributed by atoms with Crippen LogP contribution < -0.4 is 5.56 Å². The van der Waals surface area contributed by atoms with Crippen molar-refractivity contribution in [2.75, 3.05) is 0 Å². The maximum absolute atomic E-state index is 10.8. The zero-order valence-electron chi connectivity index (χ0n) is 4.38. The van der Waals surface area contributed by atoms with Gasteiger partial charge in [0.2, 0.25) is 0 Å². The zero-order chi connectivity index (χ0) is 6.27. The molecule has 4 heteroatoms. The molecule has 0 radical (unpaired) electrons. The minimum absolute atomic E-state index is 0.0382. The van der Waals surface area contributed by atoms with Gasteiger partial charge in [0.25, 0.3) is 5.56 Å². The highest BCUT2D eigenvalue weighted by molar-refractivity contribution is 7.18. The summed E-state index contributed by atoms with van der Waals surface area (Å²) in [6, 6.07) is 0. The number of hydrogen-bond acceptors (Lipinski definition) is 3. The average molecular weight is 157 g/mol. The van der Waals surface area contributed by atoms with Crippen LogP contribution in [0.25, 0.3) is 10.1 Å². The molecule has 0 fully saturated rings. The number of thiophene rings is 1. The minimum atomic E-state index is 0.0382. The van der Waals surface area contributed by atoms with Gasteiger partial charge >= 0.3 is 0 Å². The summed E-state index contributed by atoms with van der Waals surface area (Å²) in [5, 5.41) is 4.66. The van der Waals surface area contributed by atoms with Crippen molar-refractivity contribution < 1.29 is 0 Å². The lowest BCUT2D eigenvalue weighted by molar-refractivity contribution is 1.47. The number of nitrogens with one attached hydrogen (secondary N) is 1. The molecule has 1 N–H and O–H groups in total. The number of aromatic amines is 1. The first-order valence-corrected chi connectivity index (χ1v) is 4.17. The standard InChI is InChI=1S/C5H3NOS2/c7-5-3-1-8-2-4(3)9-6-5/h1-2H,(H,6,7). The van der Waals surface area contributed by atoms with E-state index in [1.165, 1.54) is 11.5 Å². The molecule has 0 aromatic carbocycles. The van der Waals surface area contributed by atoms with Crippen LogP contribution in [0.1, 0.15) is 0 Å². The first-order valence-electron chi connectivity index (χ1n) is 2.41. The molecule has 0 aliphatic carbocycles. The Kier molecular flexibility index (Phi) is 0.972. The molecule has 0 saturated carbocycles. The van der Waals surface area contributed by atoms with Crippen molar-refractivity contribution in [1.29, 1.82) is 0 Å². The molecule has 46 valence electrons. The Labute approximate surface area is 58.9 Å². The molecule has 2 aromatic rings. The van der Waals surface area contributed by atoms with Crippen LogP contribution >= 0.6 is 22.9 Å². The van der Waals surface area contributed by atoms with Crippen molar-refractivity contribution in [1.82, 2.24) is 4.37 Å². The summed E-state index contributed by atoms with van der Waals surface area (Å²) in [5.74, 6) is 0. The summed E-state index contributed by atoms with van der Waals surface area (Å²) in [4.78, 5) is 10.8. The highest BCUT2D eigenvalue weighted by Crippen LogP contribution is 2.17. The van der Waals surface area contributed by atoms with E-state index in [9.17, 15) is 4.79 Å². The second kappa shape index (κ2) is 1.68. The van der Waals surface area contributed by atoms with E-state index in [4.69, 9.17) is 0 Å². The van der Waals surface area contributed by atoms with E-state index in [-0.39, 0.29) is 5.56 Å². The van der Waals surface area contributed by atoms with E-state index in [0.717, 1.165) is 10.1 Å². The van der Waals surface area contributed by atoms with Crippen LogP contribution in [-0.2, 0) is 0 Å². The first kappa shape index (κ1) is 5.20. The number of hydrogen-bond donors (Lipinski definition) is 1. The van der Waals surface area contributed by atoms with Gasteiger partial charge in [0.1, 0.15) is 0 Å². The molecule has 2 rings (SSSR count). The fourth-order valence-electron chi connectivity index (χ4n) is 0.686. The molecule has 0 unspecified atom stereocenters. The number of aromatic nitrogens is 1. The van der Waals surface area contributed by atoms with Gasteiger partial charge in [0.15, 0.2) is 0 Å². The highest BCUT2D eigenvalue weighted by Gasteiger charge is 1.98. The van der Waals surface area contributed by atoms with Crippen molar-refractivity contribution in [2.24, 2.45) is 0 Å². The second-order valence-electron chi connectivity index (χ2n) is 1.68. The van der Waals surface area contributed by atoms with E-state index < -0.39 is 0 Å². The average Bonchev–Trinajstić information content (AvgIpc) is 2.35. The van der Waals surface area contributed by atoms with Crippen LogP contribution in [0.2, 0.25) is 0 Å². The van der Waals surface area contributed by atoms with Crippen LogP contribution in [0, 0.1) is 0 Å². The van der Waals surface area contributed by atoms with Gasteiger partial charge in [0.05, 0.1) is 10.1 Å². The maximum Gasteiger partial charge on any atom is 0.266 e. The molecule has 9 heavy (non-hydrogen) atoms. The summed E-state index contributed by atoms with van der Waals surface area (Å²) in [7, 11) is 0. The topological polar surface area (TPSA) is 32.9 Å². The smallest absolute Gasteiger partial charge is 0.266 e. The molecule has 2 aromatic heterocycles. The second-order valence-corrected chi connectivity index (χ2v) is 3.27. The lowest BCUT2D eigenvalue weighted by atomic mass is 10.5. The SMILES string of the molecule is O=c1[nH]sc2cscc12. The third-order valence-electron chi connectivity index (χ3n) is 1.12. The Morgan fingerprint density at radius 3 is 3.11 bits per heavy atom. The molecule has 2 nitrogen and oxygen atoms in total. The van der Waals surface area contributed by atoms with Gasteiger partial charge in [-0.25, -0.2) is 0 Å². The fraction of sp³-hybridized carbons (Fsp3) is 0. The van der Waals surface area contributed by atoms with E-state index >= 15 is 0 Å². The van der Waals surface area contributed by atoms with Gasteiger partial charge in [-0.15, -0.1) is 0 Å². The summed E-state index contributed by atoms with van der Waals surface area (Å²) in [6.07, 6.45) is 0. The van der Waals surface area contributed by atoms with Crippen molar-refractivity contribution in [3.8, 4) is 0 Å². The third-order valence-corrected chi connectivity index (χ3v) is 2.86. The molecular formula is C5H3NOS2. The minimum Gasteiger partial charge on any atom is -0.277 e. The van der Waals surface area contributed by atoms with Crippen LogP contribution in [0.15, 0.2) is 15.6 Å². The molecule has 0 aliphatic rings. The van der Waals surface area contributed by atoms with Crippen molar-refractivity contribution >= 4 is 33.0 Å². The van der Waals surface area contributed by atoms with Gasteiger partial charge in [-0.3, -0.25) is 9.17 Å². The highest BCUT2D eigenvalue weighted by atomic mass is 32.1. The first-order chi connectivity index (χ1) is 4.38. The molecule has 0 aliphatic heterocycles. The zero-order valence-corrected chi connectivity index (χ0v) is 6.01. The quantitative estimate of drug-likeness (QED) is 0.619. The lowest BCUT2D eigenvalue weighted by Gasteiger charge is -1.60. The van der Waals surface area contributed by atoms with Gasteiger partial charge in [-0.05, 0) is 0 Å².